The number of hydrogen-bond acceptors (Lipinski definition) is 5. The molecule has 0 bridgehead atoms. The minimum Gasteiger partial charge on any atom is -0.507 e. The largest absolute Gasteiger partial charge is 0.507 e. The molecule has 1 fully saturated rings. The van der Waals surface area contributed by atoms with Crippen molar-refractivity contribution in [2.24, 2.45) is 4.99 Å². The molecule has 0 saturated carbocycles. The lowest BCUT2D eigenvalue weighted by atomic mass is 9.82. The zero-order valence-corrected chi connectivity index (χ0v) is 24.6. The molecule has 0 aromatic heterocycles. The van der Waals surface area contributed by atoms with E-state index >= 15 is 0 Å². The summed E-state index contributed by atoms with van der Waals surface area (Å²) >= 11 is 0. The highest BCUT2D eigenvalue weighted by Gasteiger charge is 2.21. The quantitative estimate of drug-likeness (QED) is 0.351. The van der Waals surface area contributed by atoms with Gasteiger partial charge in [-0.3, -0.25) is 4.99 Å². The number of phenols is 2. The highest BCUT2D eigenvalue weighted by Crippen LogP contribution is 2.38. The molecule has 0 unspecified atom stereocenters. The summed E-state index contributed by atoms with van der Waals surface area (Å²) in [6.45, 7) is 11.3. The molecule has 0 radical (unpaired) electrons. The molecule has 39 heavy (non-hydrogen) atoms. The van der Waals surface area contributed by atoms with Gasteiger partial charge in [0.2, 0.25) is 0 Å². The van der Waals surface area contributed by atoms with Crippen LogP contribution in [0.25, 0.3) is 0 Å². The SMILES string of the molecule is C1CCC2=NCCCN2CC1.Cc1cc(C(c2ccc(N(C)C)cc2)c2cc(C)c(O)c(C)c2)cc(C)c1O. The zero-order chi connectivity index (χ0) is 28.1. The number of hydrogen-bond donors (Lipinski definition) is 2. The van der Waals surface area contributed by atoms with Crippen LogP contribution in [0.15, 0.2) is 53.5 Å². The number of nitrogens with zero attached hydrogens (tertiary/aromatic N) is 3. The third-order valence-corrected chi connectivity index (χ3v) is 8.01. The van der Waals surface area contributed by atoms with Gasteiger partial charge in [0.25, 0.3) is 0 Å². The van der Waals surface area contributed by atoms with Crippen LogP contribution < -0.4 is 4.90 Å². The lowest BCUT2D eigenvalue weighted by molar-refractivity contribution is 0.391. The van der Waals surface area contributed by atoms with Crippen LogP contribution >= 0.6 is 0 Å². The fourth-order valence-electron chi connectivity index (χ4n) is 5.79. The summed E-state index contributed by atoms with van der Waals surface area (Å²) in [7, 11) is 4.07. The maximum atomic E-state index is 10.2. The molecule has 0 amide bonds. The number of amidine groups is 1. The molecule has 0 aliphatic carbocycles. The maximum Gasteiger partial charge on any atom is 0.121 e. The Bertz CT molecular complexity index is 1210. The summed E-state index contributed by atoms with van der Waals surface area (Å²) in [5, 5.41) is 20.5. The van der Waals surface area contributed by atoms with E-state index in [-0.39, 0.29) is 5.92 Å². The number of anilines is 1. The first-order valence-corrected chi connectivity index (χ1v) is 14.3. The third kappa shape index (κ3) is 6.76. The monoisotopic (exact) mass is 527 g/mol. The van der Waals surface area contributed by atoms with E-state index in [2.05, 4.69) is 63.3 Å². The topological polar surface area (TPSA) is 59.3 Å². The molecule has 2 heterocycles. The minimum atomic E-state index is 0.0206. The van der Waals surface area contributed by atoms with Crippen molar-refractivity contribution in [1.82, 2.24) is 4.90 Å². The number of aliphatic imine (C=N–C) groups is 1. The lowest BCUT2D eigenvalue weighted by Crippen LogP contribution is -2.34. The predicted octanol–water partition coefficient (Wildman–Crippen LogP) is 7.24. The van der Waals surface area contributed by atoms with Gasteiger partial charge in [0.05, 0.1) is 5.84 Å². The van der Waals surface area contributed by atoms with Crippen molar-refractivity contribution in [1.29, 1.82) is 0 Å². The van der Waals surface area contributed by atoms with Crippen LogP contribution in [0.5, 0.6) is 11.5 Å². The molecule has 2 N–H and O–H groups in total. The van der Waals surface area contributed by atoms with Gasteiger partial charge in [-0.25, -0.2) is 0 Å². The summed E-state index contributed by atoms with van der Waals surface area (Å²) in [5.41, 5.74) is 8.09. The van der Waals surface area contributed by atoms with E-state index in [4.69, 9.17) is 0 Å². The Morgan fingerprint density at radius 1 is 0.692 bits per heavy atom. The summed E-state index contributed by atoms with van der Waals surface area (Å²) in [6, 6.07) is 16.8. The molecule has 3 aromatic rings. The average molecular weight is 528 g/mol. The molecule has 0 spiro atoms. The highest BCUT2D eigenvalue weighted by molar-refractivity contribution is 5.83. The van der Waals surface area contributed by atoms with Gasteiger partial charge < -0.3 is 20.0 Å². The molecular weight excluding hydrogens is 482 g/mol. The second-order valence-corrected chi connectivity index (χ2v) is 11.4. The Labute approximate surface area is 234 Å². The van der Waals surface area contributed by atoms with E-state index in [1.807, 2.05) is 41.8 Å². The van der Waals surface area contributed by atoms with Crippen LogP contribution in [0.4, 0.5) is 5.69 Å². The van der Waals surface area contributed by atoms with E-state index in [1.165, 1.54) is 56.6 Å². The van der Waals surface area contributed by atoms with Gasteiger partial charge in [0.1, 0.15) is 11.5 Å². The van der Waals surface area contributed by atoms with Gasteiger partial charge in [0, 0.05) is 51.8 Å². The lowest BCUT2D eigenvalue weighted by Gasteiger charge is -2.27. The van der Waals surface area contributed by atoms with E-state index in [1.54, 1.807) is 0 Å². The minimum absolute atomic E-state index is 0.0206. The fourth-order valence-corrected chi connectivity index (χ4v) is 5.79. The van der Waals surface area contributed by atoms with Crippen molar-refractivity contribution in [3.63, 3.8) is 0 Å². The molecule has 2 aliphatic heterocycles. The first kappa shape index (κ1) is 28.5. The van der Waals surface area contributed by atoms with Crippen molar-refractivity contribution in [3.8, 4) is 11.5 Å². The van der Waals surface area contributed by atoms with Crippen LogP contribution in [-0.2, 0) is 0 Å². The Balaban J connectivity index is 0.000000265. The normalized spacial score (nSPS) is 15.2. The fraction of sp³-hybridized carbons (Fsp3) is 0.441. The average Bonchev–Trinajstić information content (AvgIpc) is 3.17. The van der Waals surface area contributed by atoms with Crippen molar-refractivity contribution < 1.29 is 10.2 Å². The first-order chi connectivity index (χ1) is 18.7. The Kier molecular flexibility index (Phi) is 9.21. The molecule has 208 valence electrons. The van der Waals surface area contributed by atoms with Gasteiger partial charge in [-0.1, -0.05) is 42.8 Å². The van der Waals surface area contributed by atoms with E-state index in [9.17, 15) is 10.2 Å². The molecule has 2 aliphatic rings. The molecule has 5 rings (SSSR count). The number of phenolic OH excluding ortho intramolecular Hbond substituents is 2. The van der Waals surface area contributed by atoms with Crippen molar-refractivity contribution in [2.75, 3.05) is 38.6 Å². The molecule has 0 atom stereocenters. The summed E-state index contributed by atoms with van der Waals surface area (Å²) < 4.78 is 0. The van der Waals surface area contributed by atoms with E-state index in [0.717, 1.165) is 45.6 Å². The van der Waals surface area contributed by atoms with Crippen LogP contribution in [0.1, 0.15) is 77.0 Å². The number of aromatic hydroxyl groups is 2. The van der Waals surface area contributed by atoms with Crippen molar-refractivity contribution in [3.05, 3.63) is 87.5 Å². The van der Waals surface area contributed by atoms with Crippen molar-refractivity contribution >= 4 is 11.5 Å². The van der Waals surface area contributed by atoms with E-state index < -0.39 is 0 Å². The summed E-state index contributed by atoms with van der Waals surface area (Å²) in [4.78, 5) is 9.12. The van der Waals surface area contributed by atoms with Crippen LogP contribution in [-0.4, -0.2) is 54.7 Å². The number of fused-ring (bicyclic) bond motifs is 1. The number of rotatable bonds is 4. The van der Waals surface area contributed by atoms with Crippen LogP contribution in [0.3, 0.4) is 0 Å². The predicted molar refractivity (Wildman–Crippen MR) is 164 cm³/mol. The molecule has 5 heteroatoms. The Morgan fingerprint density at radius 2 is 1.21 bits per heavy atom. The Hall–Kier alpha value is -3.47. The second-order valence-electron chi connectivity index (χ2n) is 11.4. The number of benzene rings is 3. The van der Waals surface area contributed by atoms with Gasteiger partial charge >= 0.3 is 0 Å². The first-order valence-electron chi connectivity index (χ1n) is 14.3. The smallest absolute Gasteiger partial charge is 0.121 e. The second kappa shape index (κ2) is 12.6. The van der Waals surface area contributed by atoms with Gasteiger partial charge in [-0.15, -0.1) is 0 Å². The highest BCUT2D eigenvalue weighted by atomic mass is 16.3. The molecule has 3 aromatic carbocycles. The molecular formula is C34H45N3O2. The number of aryl methyl sites for hydroxylation is 4. The summed E-state index contributed by atoms with van der Waals surface area (Å²) in [6.07, 6.45) is 6.63. The van der Waals surface area contributed by atoms with Gasteiger partial charge in [-0.2, -0.15) is 0 Å². The van der Waals surface area contributed by atoms with Crippen LogP contribution in [0, 0.1) is 27.7 Å². The van der Waals surface area contributed by atoms with Crippen molar-refractivity contribution in [2.45, 2.75) is 65.7 Å². The molecule has 5 nitrogen and oxygen atoms in total. The van der Waals surface area contributed by atoms with E-state index in [0.29, 0.717) is 11.5 Å². The molecule has 1 saturated heterocycles. The summed E-state index contributed by atoms with van der Waals surface area (Å²) in [5.74, 6) is 2.12. The Morgan fingerprint density at radius 3 is 1.72 bits per heavy atom. The van der Waals surface area contributed by atoms with Crippen LogP contribution in [0.2, 0.25) is 0 Å². The maximum absolute atomic E-state index is 10.2. The zero-order valence-electron chi connectivity index (χ0n) is 24.6. The van der Waals surface area contributed by atoms with Gasteiger partial charge in [-0.05, 0) is 98.0 Å². The standard InChI is InChI=1S/C25H29NO2.C9H16N2/c1-15-11-20(12-16(2)24(15)27)23(19-7-9-22(10-8-19)26(5)6)21-13-17(3)25(28)18(4)14-21;1-2-5-9-10-6-4-8-11(9)7-3-1/h7-14,23,27-28H,1-6H3;1-8H2. The van der Waals surface area contributed by atoms with Gasteiger partial charge in [0.15, 0.2) is 0 Å². The third-order valence-electron chi connectivity index (χ3n) is 8.01.